The molecular weight excluding hydrogens is 294 g/mol. The van der Waals surface area contributed by atoms with Crippen molar-refractivity contribution in [2.45, 2.75) is 25.4 Å². The Labute approximate surface area is 130 Å². The van der Waals surface area contributed by atoms with E-state index in [0.29, 0.717) is 30.8 Å². The van der Waals surface area contributed by atoms with Crippen LogP contribution in [-0.2, 0) is 6.54 Å². The molecule has 0 aromatic heterocycles. The lowest BCUT2D eigenvalue weighted by Gasteiger charge is -2.27. The zero-order valence-electron chi connectivity index (χ0n) is 12.3. The van der Waals surface area contributed by atoms with Gasteiger partial charge in [0.1, 0.15) is 5.75 Å². The summed E-state index contributed by atoms with van der Waals surface area (Å²) in [5, 5.41) is 10.9. The van der Waals surface area contributed by atoms with Gasteiger partial charge >= 0.3 is 0 Å². The molecule has 0 bridgehead atoms. The first-order valence-corrected chi connectivity index (χ1v) is 6.78. The fraction of sp³-hybridized carbons (Fsp3) is 0.571. The lowest BCUT2D eigenvalue weighted by molar-refractivity contribution is -0.385. The largest absolute Gasteiger partial charge is 0.496 e. The first kappa shape index (κ1) is 17.7. The number of nitrogens with two attached hydrogens (primary N) is 1. The van der Waals surface area contributed by atoms with E-state index >= 15 is 0 Å². The third-order valence-electron chi connectivity index (χ3n) is 3.87. The second kappa shape index (κ2) is 7.59. The number of nitro benzene ring substituents is 1. The van der Waals surface area contributed by atoms with E-state index in [1.807, 2.05) is 7.05 Å². The molecule has 6 nitrogen and oxygen atoms in total. The van der Waals surface area contributed by atoms with Gasteiger partial charge in [0.05, 0.1) is 12.0 Å². The van der Waals surface area contributed by atoms with Crippen molar-refractivity contribution in [1.29, 1.82) is 0 Å². The number of non-ortho nitro benzene ring substituents is 1. The predicted molar refractivity (Wildman–Crippen MR) is 83.9 cm³/mol. The average Bonchev–Trinajstić information content (AvgIpc) is 3.24. The molecule has 0 radical (unpaired) electrons. The Balaban J connectivity index is 0.00000220. The Morgan fingerprint density at radius 3 is 2.67 bits per heavy atom. The van der Waals surface area contributed by atoms with Crippen LogP contribution >= 0.6 is 12.4 Å². The van der Waals surface area contributed by atoms with Crippen molar-refractivity contribution in [1.82, 2.24) is 4.90 Å². The summed E-state index contributed by atoms with van der Waals surface area (Å²) in [7, 11) is 3.58. The van der Waals surface area contributed by atoms with Crippen LogP contribution in [0.5, 0.6) is 5.75 Å². The molecule has 118 valence electrons. The molecule has 2 N–H and O–H groups in total. The van der Waals surface area contributed by atoms with Gasteiger partial charge < -0.3 is 10.5 Å². The third-order valence-corrected chi connectivity index (χ3v) is 3.87. The molecule has 1 aliphatic rings. The summed E-state index contributed by atoms with van der Waals surface area (Å²) in [6.07, 6.45) is 2.44. The van der Waals surface area contributed by atoms with Crippen molar-refractivity contribution in [3.63, 3.8) is 0 Å². The number of ether oxygens (including phenoxy) is 1. The van der Waals surface area contributed by atoms with Crippen LogP contribution in [0.4, 0.5) is 5.69 Å². The summed E-state index contributed by atoms with van der Waals surface area (Å²) in [6.45, 7) is 1.21. The maximum absolute atomic E-state index is 10.9. The van der Waals surface area contributed by atoms with E-state index in [9.17, 15) is 10.1 Å². The van der Waals surface area contributed by atoms with Gasteiger partial charge in [0.25, 0.3) is 5.69 Å². The normalized spacial score (nSPS) is 15.4. The van der Waals surface area contributed by atoms with E-state index < -0.39 is 0 Å². The smallest absolute Gasteiger partial charge is 0.270 e. The second-order valence-electron chi connectivity index (χ2n) is 5.31. The van der Waals surface area contributed by atoms with Gasteiger partial charge in [0.2, 0.25) is 0 Å². The second-order valence-corrected chi connectivity index (χ2v) is 5.31. The standard InChI is InChI=1S/C14H21N3O3.ClH/c1-16(13(8-15)10-3-4-10)9-11-7-12(17(18)19)5-6-14(11)20-2;/h5-7,10,13H,3-4,8-9,15H2,1-2H3;1H. The summed E-state index contributed by atoms with van der Waals surface area (Å²) in [6, 6.07) is 5.02. The maximum Gasteiger partial charge on any atom is 0.270 e. The number of nitrogens with zero attached hydrogens (tertiary/aromatic N) is 2. The molecule has 1 aliphatic carbocycles. The van der Waals surface area contributed by atoms with Crippen LogP contribution in [0.2, 0.25) is 0 Å². The highest BCUT2D eigenvalue weighted by Gasteiger charge is 2.33. The molecule has 1 unspecified atom stereocenters. The van der Waals surface area contributed by atoms with Crippen molar-refractivity contribution in [2.24, 2.45) is 11.7 Å². The van der Waals surface area contributed by atoms with E-state index in [1.54, 1.807) is 19.2 Å². The predicted octanol–water partition coefficient (Wildman–Crippen LogP) is 2.19. The third kappa shape index (κ3) is 4.30. The van der Waals surface area contributed by atoms with Crippen LogP contribution in [0, 0.1) is 16.0 Å². The first-order chi connectivity index (χ1) is 9.56. The lowest BCUT2D eigenvalue weighted by Crippen LogP contribution is -2.39. The number of hydrogen-bond donors (Lipinski definition) is 1. The molecule has 1 atom stereocenters. The van der Waals surface area contributed by atoms with E-state index in [2.05, 4.69) is 4.90 Å². The Hall–Kier alpha value is -1.37. The molecule has 2 rings (SSSR count). The van der Waals surface area contributed by atoms with Crippen molar-refractivity contribution < 1.29 is 9.66 Å². The average molecular weight is 316 g/mol. The van der Waals surface area contributed by atoms with Gasteiger partial charge in [-0.25, -0.2) is 0 Å². The van der Waals surface area contributed by atoms with Gasteiger partial charge in [-0.05, 0) is 31.9 Å². The van der Waals surface area contributed by atoms with Crippen molar-refractivity contribution in [3.8, 4) is 5.75 Å². The number of halogens is 1. The molecule has 1 aromatic carbocycles. The van der Waals surface area contributed by atoms with Gasteiger partial charge in [-0.3, -0.25) is 15.0 Å². The molecule has 1 fully saturated rings. The van der Waals surface area contributed by atoms with Gasteiger partial charge in [-0.1, -0.05) is 0 Å². The highest BCUT2D eigenvalue weighted by molar-refractivity contribution is 5.85. The van der Waals surface area contributed by atoms with Gasteiger partial charge in [-0.2, -0.15) is 0 Å². The molecule has 0 spiro atoms. The number of benzene rings is 1. The number of methoxy groups -OCH3 is 1. The van der Waals surface area contributed by atoms with Crippen LogP contribution in [0.1, 0.15) is 18.4 Å². The van der Waals surface area contributed by atoms with Crippen molar-refractivity contribution in [2.75, 3.05) is 20.7 Å². The summed E-state index contributed by atoms with van der Waals surface area (Å²) >= 11 is 0. The van der Waals surface area contributed by atoms with Crippen LogP contribution in [-0.4, -0.2) is 36.6 Å². The number of likely N-dealkylation sites (N-methyl/N-ethyl adjacent to an activating group) is 1. The minimum absolute atomic E-state index is 0. The van der Waals surface area contributed by atoms with Gasteiger partial charge in [0, 0.05) is 36.8 Å². The van der Waals surface area contributed by atoms with Gasteiger partial charge in [0.15, 0.2) is 0 Å². The fourth-order valence-electron chi connectivity index (χ4n) is 2.60. The first-order valence-electron chi connectivity index (χ1n) is 6.78. The molecule has 0 heterocycles. The van der Waals surface area contributed by atoms with E-state index in [0.717, 1.165) is 5.56 Å². The zero-order chi connectivity index (χ0) is 14.7. The van der Waals surface area contributed by atoms with Crippen molar-refractivity contribution in [3.05, 3.63) is 33.9 Å². The van der Waals surface area contributed by atoms with Crippen LogP contribution in [0.25, 0.3) is 0 Å². The maximum atomic E-state index is 10.9. The number of rotatable bonds is 7. The SMILES string of the molecule is COc1ccc([N+](=O)[O-])cc1CN(C)C(CN)C1CC1.Cl. The highest BCUT2D eigenvalue weighted by atomic mass is 35.5. The minimum Gasteiger partial charge on any atom is -0.496 e. The molecule has 0 saturated heterocycles. The van der Waals surface area contributed by atoms with Crippen LogP contribution < -0.4 is 10.5 Å². The Morgan fingerprint density at radius 2 is 2.19 bits per heavy atom. The number of nitro groups is 1. The van der Waals surface area contributed by atoms with E-state index in [4.69, 9.17) is 10.5 Å². The van der Waals surface area contributed by atoms with Crippen molar-refractivity contribution >= 4 is 18.1 Å². The fourth-order valence-corrected chi connectivity index (χ4v) is 2.60. The topological polar surface area (TPSA) is 81.6 Å². The quantitative estimate of drug-likeness (QED) is 0.616. The summed E-state index contributed by atoms with van der Waals surface area (Å²) in [4.78, 5) is 12.7. The molecule has 0 aliphatic heterocycles. The van der Waals surface area contributed by atoms with Crippen LogP contribution in [0.3, 0.4) is 0 Å². The lowest BCUT2D eigenvalue weighted by atomic mass is 10.1. The number of hydrogen-bond acceptors (Lipinski definition) is 5. The summed E-state index contributed by atoms with van der Waals surface area (Å²) < 4.78 is 5.29. The Morgan fingerprint density at radius 1 is 1.52 bits per heavy atom. The molecule has 1 saturated carbocycles. The summed E-state index contributed by atoms with van der Waals surface area (Å²) in [5.74, 6) is 1.34. The molecule has 7 heteroatoms. The molecule has 1 aromatic rings. The highest BCUT2D eigenvalue weighted by Crippen LogP contribution is 2.35. The van der Waals surface area contributed by atoms with Crippen LogP contribution in [0.15, 0.2) is 18.2 Å². The molecule has 0 amide bonds. The Kier molecular flexibility index (Phi) is 6.39. The monoisotopic (exact) mass is 315 g/mol. The molecule has 21 heavy (non-hydrogen) atoms. The Bertz CT molecular complexity index is 494. The summed E-state index contributed by atoms with van der Waals surface area (Å²) in [5.41, 5.74) is 6.75. The molecular formula is C14H22ClN3O3. The minimum atomic E-state index is -0.385. The van der Waals surface area contributed by atoms with E-state index in [1.165, 1.54) is 18.9 Å². The van der Waals surface area contributed by atoms with E-state index in [-0.39, 0.29) is 23.0 Å². The zero-order valence-corrected chi connectivity index (χ0v) is 13.1. The van der Waals surface area contributed by atoms with Gasteiger partial charge in [-0.15, -0.1) is 12.4 Å².